The predicted octanol–water partition coefficient (Wildman–Crippen LogP) is 1.16. The minimum absolute atomic E-state index is 0.00902. The van der Waals surface area contributed by atoms with Gasteiger partial charge >= 0.3 is 0 Å². The number of piperazine rings is 1. The van der Waals surface area contributed by atoms with E-state index in [0.29, 0.717) is 5.92 Å². The Morgan fingerprint density at radius 3 is 2.61 bits per heavy atom. The van der Waals surface area contributed by atoms with Crippen molar-refractivity contribution in [3.8, 4) is 0 Å². The Bertz CT molecular complexity index is 382. The van der Waals surface area contributed by atoms with Gasteiger partial charge in [-0.3, -0.25) is 9.59 Å². The Balaban J connectivity index is 1.70. The Morgan fingerprint density at radius 2 is 2.00 bits per heavy atom. The van der Waals surface area contributed by atoms with Gasteiger partial charge in [-0.05, 0) is 50.9 Å². The lowest BCUT2D eigenvalue weighted by Crippen LogP contribution is -2.62. The van der Waals surface area contributed by atoms with Gasteiger partial charge in [0, 0.05) is 6.54 Å². The van der Waals surface area contributed by atoms with E-state index in [4.69, 9.17) is 0 Å². The molecule has 4 heteroatoms. The van der Waals surface area contributed by atoms with Crippen molar-refractivity contribution in [1.82, 2.24) is 10.2 Å². The number of nitrogens with zero attached hydrogens (tertiary/aromatic N) is 1. The number of fused-ring (bicyclic) bond motifs is 2. The van der Waals surface area contributed by atoms with Crippen LogP contribution < -0.4 is 5.32 Å². The van der Waals surface area contributed by atoms with Gasteiger partial charge in [0.2, 0.25) is 11.8 Å². The number of hydrogen-bond acceptors (Lipinski definition) is 2. The summed E-state index contributed by atoms with van der Waals surface area (Å²) in [6.45, 7) is 4.41. The molecule has 18 heavy (non-hydrogen) atoms. The van der Waals surface area contributed by atoms with Crippen LogP contribution in [0.15, 0.2) is 0 Å². The summed E-state index contributed by atoms with van der Waals surface area (Å²) in [5.41, 5.74) is 0. The number of nitrogens with one attached hydrogen (secondary N) is 1. The maximum Gasteiger partial charge on any atom is 0.245 e. The van der Waals surface area contributed by atoms with E-state index in [1.54, 1.807) is 6.92 Å². The molecule has 5 unspecified atom stereocenters. The third kappa shape index (κ3) is 1.82. The molecule has 3 aliphatic rings. The van der Waals surface area contributed by atoms with Gasteiger partial charge in [0.25, 0.3) is 0 Å². The van der Waals surface area contributed by atoms with Crippen molar-refractivity contribution < 1.29 is 9.59 Å². The molecule has 3 fully saturated rings. The molecule has 1 aliphatic heterocycles. The SMILES string of the molecule is CC1NC(=O)C(C)N(CC2CC3CCC2C3)C1=O. The number of amides is 2. The summed E-state index contributed by atoms with van der Waals surface area (Å²) in [6, 6.07) is -0.653. The molecule has 0 aromatic rings. The number of rotatable bonds is 2. The Morgan fingerprint density at radius 1 is 1.22 bits per heavy atom. The van der Waals surface area contributed by atoms with E-state index in [1.165, 1.54) is 25.7 Å². The number of carbonyl (C=O) groups excluding carboxylic acids is 2. The lowest BCUT2D eigenvalue weighted by molar-refractivity contribution is -0.149. The topological polar surface area (TPSA) is 49.4 Å². The van der Waals surface area contributed by atoms with Gasteiger partial charge < -0.3 is 10.2 Å². The van der Waals surface area contributed by atoms with Crippen LogP contribution in [0.2, 0.25) is 0 Å². The zero-order valence-electron chi connectivity index (χ0n) is 11.2. The van der Waals surface area contributed by atoms with E-state index in [9.17, 15) is 9.59 Å². The first-order chi connectivity index (χ1) is 8.56. The molecule has 2 aliphatic carbocycles. The van der Waals surface area contributed by atoms with Crippen molar-refractivity contribution in [3.05, 3.63) is 0 Å². The fourth-order valence-electron chi connectivity index (χ4n) is 4.08. The van der Waals surface area contributed by atoms with Crippen LogP contribution in [0, 0.1) is 17.8 Å². The summed E-state index contributed by atoms with van der Waals surface area (Å²) < 4.78 is 0. The second-order valence-corrected chi connectivity index (χ2v) is 6.33. The van der Waals surface area contributed by atoms with E-state index in [0.717, 1.165) is 18.4 Å². The minimum atomic E-state index is -0.354. The third-order valence-corrected chi connectivity index (χ3v) is 5.17. The van der Waals surface area contributed by atoms with Crippen LogP contribution in [0.4, 0.5) is 0 Å². The van der Waals surface area contributed by atoms with Crippen molar-refractivity contribution in [2.24, 2.45) is 17.8 Å². The second-order valence-electron chi connectivity index (χ2n) is 6.33. The lowest BCUT2D eigenvalue weighted by Gasteiger charge is -2.39. The monoisotopic (exact) mass is 250 g/mol. The van der Waals surface area contributed by atoms with Gasteiger partial charge in [0.05, 0.1) is 0 Å². The van der Waals surface area contributed by atoms with Crippen LogP contribution in [0.3, 0.4) is 0 Å². The minimum Gasteiger partial charge on any atom is -0.343 e. The molecule has 0 spiro atoms. The molecule has 100 valence electrons. The number of hydrogen-bond donors (Lipinski definition) is 1. The maximum atomic E-state index is 12.2. The smallest absolute Gasteiger partial charge is 0.245 e. The van der Waals surface area contributed by atoms with Crippen molar-refractivity contribution >= 4 is 11.8 Å². The molecule has 5 atom stereocenters. The summed E-state index contributed by atoms with van der Waals surface area (Å²) >= 11 is 0. The van der Waals surface area contributed by atoms with Crippen LogP contribution in [0.25, 0.3) is 0 Å². The molecular weight excluding hydrogens is 228 g/mol. The molecule has 0 aromatic carbocycles. The quantitative estimate of drug-likeness (QED) is 0.799. The lowest BCUT2D eigenvalue weighted by atomic mass is 9.87. The molecule has 1 saturated heterocycles. The average Bonchev–Trinajstić information content (AvgIpc) is 2.94. The molecular formula is C14H22N2O2. The standard InChI is InChI=1S/C14H22N2O2/c1-8-14(18)16(9(2)13(17)15-8)7-12-6-10-3-4-11(12)5-10/h8-12H,3-7H2,1-2H3,(H,15,17). The van der Waals surface area contributed by atoms with Gasteiger partial charge in [0.15, 0.2) is 0 Å². The number of carbonyl (C=O) groups is 2. The molecule has 0 radical (unpaired) electrons. The van der Waals surface area contributed by atoms with Gasteiger partial charge in [0.1, 0.15) is 12.1 Å². The van der Waals surface area contributed by atoms with E-state index in [2.05, 4.69) is 5.32 Å². The van der Waals surface area contributed by atoms with E-state index < -0.39 is 0 Å². The fraction of sp³-hybridized carbons (Fsp3) is 0.857. The zero-order valence-corrected chi connectivity index (χ0v) is 11.2. The van der Waals surface area contributed by atoms with Crippen LogP contribution >= 0.6 is 0 Å². The highest BCUT2D eigenvalue weighted by molar-refractivity contribution is 5.96. The molecule has 4 nitrogen and oxygen atoms in total. The average molecular weight is 250 g/mol. The van der Waals surface area contributed by atoms with Gasteiger partial charge in [-0.25, -0.2) is 0 Å². The molecule has 1 heterocycles. The largest absolute Gasteiger partial charge is 0.343 e. The highest BCUT2D eigenvalue weighted by atomic mass is 16.2. The molecule has 2 saturated carbocycles. The Hall–Kier alpha value is -1.06. The maximum absolute atomic E-state index is 12.2. The first-order valence-corrected chi connectivity index (χ1v) is 7.17. The summed E-state index contributed by atoms with van der Waals surface area (Å²) in [6.07, 6.45) is 5.31. The van der Waals surface area contributed by atoms with Crippen molar-refractivity contribution in [1.29, 1.82) is 0 Å². The predicted molar refractivity (Wildman–Crippen MR) is 67.7 cm³/mol. The van der Waals surface area contributed by atoms with E-state index in [1.807, 2.05) is 11.8 Å². The van der Waals surface area contributed by atoms with Crippen LogP contribution in [-0.4, -0.2) is 35.3 Å². The molecule has 2 bridgehead atoms. The second kappa shape index (κ2) is 4.25. The Labute approximate surface area is 108 Å². The summed E-state index contributed by atoms with van der Waals surface area (Å²) in [5, 5.41) is 2.74. The highest BCUT2D eigenvalue weighted by Gasteiger charge is 2.43. The van der Waals surface area contributed by atoms with Crippen LogP contribution in [-0.2, 0) is 9.59 Å². The summed E-state index contributed by atoms with van der Waals surface area (Å²) in [4.78, 5) is 25.8. The molecule has 1 N–H and O–H groups in total. The fourth-order valence-corrected chi connectivity index (χ4v) is 4.08. The summed E-state index contributed by atoms with van der Waals surface area (Å²) in [7, 11) is 0. The van der Waals surface area contributed by atoms with Gasteiger partial charge in [-0.2, -0.15) is 0 Å². The van der Waals surface area contributed by atoms with Gasteiger partial charge in [-0.15, -0.1) is 0 Å². The van der Waals surface area contributed by atoms with E-state index >= 15 is 0 Å². The first-order valence-electron chi connectivity index (χ1n) is 7.17. The van der Waals surface area contributed by atoms with Crippen LogP contribution in [0.1, 0.15) is 39.5 Å². The Kier molecular flexibility index (Phi) is 2.83. The third-order valence-electron chi connectivity index (χ3n) is 5.17. The molecule has 2 amide bonds. The van der Waals surface area contributed by atoms with Crippen LogP contribution in [0.5, 0.6) is 0 Å². The summed E-state index contributed by atoms with van der Waals surface area (Å²) in [5.74, 6) is 2.40. The van der Waals surface area contributed by atoms with Crippen molar-refractivity contribution in [2.45, 2.75) is 51.6 Å². The van der Waals surface area contributed by atoms with Gasteiger partial charge in [-0.1, -0.05) is 6.42 Å². The van der Waals surface area contributed by atoms with Crippen molar-refractivity contribution in [2.75, 3.05) is 6.54 Å². The molecule has 3 rings (SSSR count). The van der Waals surface area contributed by atoms with Crippen molar-refractivity contribution in [3.63, 3.8) is 0 Å². The first kappa shape index (κ1) is 12.0. The highest BCUT2D eigenvalue weighted by Crippen LogP contribution is 2.48. The molecule has 0 aromatic heterocycles. The normalized spacial score (nSPS) is 43.4. The van der Waals surface area contributed by atoms with E-state index in [-0.39, 0.29) is 23.9 Å². The zero-order chi connectivity index (χ0) is 12.9.